The van der Waals surface area contributed by atoms with E-state index in [2.05, 4.69) is 28.6 Å². The van der Waals surface area contributed by atoms with Gasteiger partial charge in [0, 0.05) is 18.0 Å². The molecule has 0 saturated carbocycles. The summed E-state index contributed by atoms with van der Waals surface area (Å²) in [5.74, 6) is 1.72. The van der Waals surface area contributed by atoms with Gasteiger partial charge in [-0.25, -0.2) is 4.98 Å². The minimum atomic E-state index is 0.657. The molecule has 0 N–H and O–H groups in total. The Bertz CT molecular complexity index is 481. The molecule has 1 aliphatic rings. The number of aromatic nitrogens is 1. The van der Waals surface area contributed by atoms with E-state index in [1.54, 1.807) is 11.3 Å². The molecule has 0 aliphatic carbocycles. The number of hydrogen-bond acceptors (Lipinski definition) is 3. The third kappa shape index (κ3) is 2.50. The lowest BCUT2D eigenvalue weighted by atomic mass is 9.94. The van der Waals surface area contributed by atoms with Gasteiger partial charge in [-0.1, -0.05) is 18.2 Å². The van der Waals surface area contributed by atoms with Crippen LogP contribution in [0.1, 0.15) is 17.0 Å². The highest BCUT2D eigenvalue weighted by Crippen LogP contribution is 2.28. The fraction of sp³-hybridized carbons (Fsp3) is 0.357. The smallest absolute Gasteiger partial charge is 0.122 e. The molecule has 0 fully saturated rings. The van der Waals surface area contributed by atoms with Crippen molar-refractivity contribution in [2.45, 2.75) is 19.3 Å². The Hall–Kier alpha value is -1.35. The van der Waals surface area contributed by atoms with Crippen molar-refractivity contribution < 1.29 is 4.74 Å². The van der Waals surface area contributed by atoms with Crippen molar-refractivity contribution in [3.63, 3.8) is 0 Å². The summed E-state index contributed by atoms with van der Waals surface area (Å²) >= 11 is 1.75. The predicted octanol–water partition coefficient (Wildman–Crippen LogP) is 3.33. The molecule has 3 heteroatoms. The number of nitrogens with zero attached hydrogens (tertiary/aromatic N) is 1. The number of ether oxygens (including phenoxy) is 1. The van der Waals surface area contributed by atoms with Crippen molar-refractivity contribution in [3.8, 4) is 5.75 Å². The van der Waals surface area contributed by atoms with Gasteiger partial charge >= 0.3 is 0 Å². The van der Waals surface area contributed by atoms with Gasteiger partial charge in [0.25, 0.3) is 0 Å². The van der Waals surface area contributed by atoms with Crippen LogP contribution in [0.25, 0.3) is 0 Å². The van der Waals surface area contributed by atoms with E-state index in [0.717, 1.165) is 31.6 Å². The number of benzene rings is 1. The molecule has 17 heavy (non-hydrogen) atoms. The topological polar surface area (TPSA) is 22.1 Å². The minimum absolute atomic E-state index is 0.657. The van der Waals surface area contributed by atoms with Crippen molar-refractivity contribution in [1.29, 1.82) is 0 Å². The van der Waals surface area contributed by atoms with Crippen molar-refractivity contribution in [2.24, 2.45) is 5.92 Å². The number of hydrogen-bond donors (Lipinski definition) is 0. The molecule has 0 amide bonds. The number of fused-ring (bicyclic) bond motifs is 1. The van der Waals surface area contributed by atoms with E-state index in [-0.39, 0.29) is 0 Å². The summed E-state index contributed by atoms with van der Waals surface area (Å²) in [7, 11) is 0. The molecule has 0 bridgehead atoms. The Morgan fingerprint density at radius 1 is 1.35 bits per heavy atom. The minimum Gasteiger partial charge on any atom is -0.493 e. The number of rotatable bonds is 2. The van der Waals surface area contributed by atoms with Crippen LogP contribution >= 0.6 is 11.3 Å². The third-order valence-corrected chi connectivity index (χ3v) is 4.01. The van der Waals surface area contributed by atoms with E-state index >= 15 is 0 Å². The van der Waals surface area contributed by atoms with Crippen LogP contribution in [0.3, 0.4) is 0 Å². The highest BCUT2D eigenvalue weighted by molar-refractivity contribution is 7.09. The lowest BCUT2D eigenvalue weighted by Crippen LogP contribution is -2.08. The highest BCUT2D eigenvalue weighted by atomic mass is 32.1. The summed E-state index contributed by atoms with van der Waals surface area (Å²) in [5.41, 5.74) is 1.34. The van der Waals surface area contributed by atoms with Gasteiger partial charge in [-0.2, -0.15) is 0 Å². The molecule has 2 aromatic rings. The summed E-state index contributed by atoms with van der Waals surface area (Å²) in [6.45, 7) is 0.826. The zero-order valence-corrected chi connectivity index (χ0v) is 10.5. The van der Waals surface area contributed by atoms with Crippen LogP contribution in [0.5, 0.6) is 5.75 Å². The summed E-state index contributed by atoms with van der Waals surface area (Å²) in [6, 6.07) is 8.38. The molecule has 3 rings (SSSR count). The number of thiazole rings is 1. The van der Waals surface area contributed by atoms with Crippen LogP contribution in [0, 0.1) is 5.92 Å². The molecule has 1 atom stereocenters. The van der Waals surface area contributed by atoms with Crippen LogP contribution in [0.4, 0.5) is 0 Å². The Balaban J connectivity index is 1.76. The van der Waals surface area contributed by atoms with Crippen LogP contribution in [0.15, 0.2) is 35.8 Å². The first kappa shape index (κ1) is 10.8. The van der Waals surface area contributed by atoms with Gasteiger partial charge in [0.1, 0.15) is 5.75 Å². The van der Waals surface area contributed by atoms with Crippen LogP contribution in [-0.2, 0) is 12.8 Å². The molecule has 0 saturated heterocycles. The molecule has 0 radical (unpaired) electrons. The van der Waals surface area contributed by atoms with Crippen LogP contribution in [-0.4, -0.2) is 11.6 Å². The molecule has 1 unspecified atom stereocenters. The molecule has 1 aliphatic heterocycles. The van der Waals surface area contributed by atoms with Gasteiger partial charge in [-0.15, -0.1) is 11.3 Å². The Labute approximate surface area is 105 Å². The molecule has 1 aromatic carbocycles. The summed E-state index contributed by atoms with van der Waals surface area (Å²) in [6.07, 6.45) is 5.19. The Morgan fingerprint density at radius 3 is 3.18 bits per heavy atom. The van der Waals surface area contributed by atoms with Crippen LogP contribution in [0.2, 0.25) is 0 Å². The third-order valence-electron chi connectivity index (χ3n) is 3.21. The normalized spacial score (nSPS) is 19.2. The first-order valence-electron chi connectivity index (χ1n) is 6.01. The molecule has 2 nitrogen and oxygen atoms in total. The quantitative estimate of drug-likeness (QED) is 0.809. The molecule has 0 spiro atoms. The maximum Gasteiger partial charge on any atom is 0.122 e. The molecular weight excluding hydrogens is 230 g/mol. The van der Waals surface area contributed by atoms with Gasteiger partial charge in [-0.05, 0) is 30.4 Å². The molecule has 2 heterocycles. The van der Waals surface area contributed by atoms with E-state index in [1.807, 2.05) is 12.3 Å². The second-order valence-electron chi connectivity index (χ2n) is 4.44. The Kier molecular flexibility index (Phi) is 3.10. The van der Waals surface area contributed by atoms with Crippen molar-refractivity contribution in [1.82, 2.24) is 4.98 Å². The average Bonchev–Trinajstić information content (AvgIpc) is 2.76. The Morgan fingerprint density at radius 2 is 2.29 bits per heavy atom. The monoisotopic (exact) mass is 245 g/mol. The van der Waals surface area contributed by atoms with Crippen LogP contribution < -0.4 is 4.74 Å². The van der Waals surface area contributed by atoms with E-state index in [0.29, 0.717) is 5.92 Å². The SMILES string of the molecule is c1ccc2c(c1)CC(Cc1nccs1)CCO2. The largest absolute Gasteiger partial charge is 0.493 e. The zero-order chi connectivity index (χ0) is 11.5. The standard InChI is InChI=1S/C14H15NOS/c1-2-4-13-12(3-1)9-11(5-7-16-13)10-14-15-6-8-17-14/h1-4,6,8,11H,5,7,9-10H2. The lowest BCUT2D eigenvalue weighted by Gasteiger charge is -2.11. The van der Waals surface area contributed by atoms with E-state index < -0.39 is 0 Å². The zero-order valence-electron chi connectivity index (χ0n) is 9.63. The second kappa shape index (κ2) is 4.88. The van der Waals surface area contributed by atoms with Crippen molar-refractivity contribution in [2.75, 3.05) is 6.61 Å². The van der Waals surface area contributed by atoms with Gasteiger partial charge in [0.2, 0.25) is 0 Å². The van der Waals surface area contributed by atoms with Crippen molar-refractivity contribution in [3.05, 3.63) is 46.4 Å². The summed E-state index contributed by atoms with van der Waals surface area (Å²) in [5, 5.41) is 3.30. The molecule has 1 aromatic heterocycles. The average molecular weight is 245 g/mol. The van der Waals surface area contributed by atoms with Gasteiger partial charge in [0.05, 0.1) is 11.6 Å². The van der Waals surface area contributed by atoms with E-state index in [9.17, 15) is 0 Å². The fourth-order valence-corrected chi connectivity index (χ4v) is 3.07. The van der Waals surface area contributed by atoms with Gasteiger partial charge < -0.3 is 4.74 Å². The lowest BCUT2D eigenvalue weighted by molar-refractivity contribution is 0.294. The fourth-order valence-electron chi connectivity index (χ4n) is 2.34. The van der Waals surface area contributed by atoms with E-state index in [4.69, 9.17) is 4.74 Å². The predicted molar refractivity (Wildman–Crippen MR) is 69.6 cm³/mol. The highest BCUT2D eigenvalue weighted by Gasteiger charge is 2.18. The number of para-hydroxylation sites is 1. The summed E-state index contributed by atoms with van der Waals surface area (Å²) < 4.78 is 5.78. The van der Waals surface area contributed by atoms with Crippen molar-refractivity contribution >= 4 is 11.3 Å². The summed E-state index contributed by atoms with van der Waals surface area (Å²) in [4.78, 5) is 4.37. The first-order chi connectivity index (χ1) is 8.42. The maximum atomic E-state index is 5.78. The van der Waals surface area contributed by atoms with E-state index in [1.165, 1.54) is 10.6 Å². The maximum absolute atomic E-state index is 5.78. The second-order valence-corrected chi connectivity index (χ2v) is 5.42. The van der Waals surface area contributed by atoms with Gasteiger partial charge in [0.15, 0.2) is 0 Å². The van der Waals surface area contributed by atoms with Gasteiger partial charge in [-0.3, -0.25) is 0 Å². The molecule has 88 valence electrons. The first-order valence-corrected chi connectivity index (χ1v) is 6.89. The molecular formula is C14H15NOS.